The molecule has 1 aliphatic carbocycles. The number of rotatable bonds is 3. The Hall–Kier alpha value is -2.10. The zero-order chi connectivity index (χ0) is 17.3. The van der Waals surface area contributed by atoms with Crippen molar-refractivity contribution in [1.29, 1.82) is 0 Å². The highest BCUT2D eigenvalue weighted by Crippen LogP contribution is 2.35. The Kier molecular flexibility index (Phi) is 4.74. The van der Waals surface area contributed by atoms with Crippen LogP contribution in [-0.4, -0.2) is 9.55 Å². The number of aromatic amines is 1. The first-order valence-electron chi connectivity index (χ1n) is 8.83. The summed E-state index contributed by atoms with van der Waals surface area (Å²) in [6.45, 7) is 4.33. The zero-order valence-electron chi connectivity index (χ0n) is 14.8. The van der Waals surface area contributed by atoms with Crippen molar-refractivity contribution in [3.8, 4) is 0 Å². The molecule has 0 unspecified atom stereocenters. The highest BCUT2D eigenvalue weighted by Gasteiger charge is 2.25. The summed E-state index contributed by atoms with van der Waals surface area (Å²) < 4.78 is 1.19. The molecule has 1 aromatic heterocycles. The van der Waals surface area contributed by atoms with Crippen LogP contribution in [-0.2, 0) is 13.5 Å². The third-order valence-electron chi connectivity index (χ3n) is 5.32. The van der Waals surface area contributed by atoms with Crippen LogP contribution in [0, 0.1) is 12.8 Å². The maximum Gasteiger partial charge on any atom is 0.328 e. The number of nitrogens with zero attached hydrogens (tertiary/aromatic N) is 1. The molecule has 0 amide bonds. The molecule has 1 aliphatic rings. The lowest BCUT2D eigenvalue weighted by Gasteiger charge is -2.27. The van der Waals surface area contributed by atoms with Gasteiger partial charge in [-0.25, -0.2) is 4.79 Å². The van der Waals surface area contributed by atoms with Crippen LogP contribution in [0.2, 0.25) is 0 Å². The molecule has 128 valence electrons. The van der Waals surface area contributed by atoms with E-state index in [0.717, 1.165) is 48.4 Å². The normalized spacial score (nSPS) is 21.0. The maximum absolute atomic E-state index is 12.7. The van der Waals surface area contributed by atoms with Crippen molar-refractivity contribution in [2.45, 2.75) is 51.9 Å². The molecule has 0 bridgehead atoms. The second-order valence-electron chi connectivity index (χ2n) is 7.31. The SMILES string of the molecule is Cc1cccc(Cc2c(C3CCC(C)CC3)[nH]c(=O)n(C)c2=O)c1. The second-order valence-corrected chi connectivity index (χ2v) is 7.31. The average molecular weight is 326 g/mol. The van der Waals surface area contributed by atoms with Crippen molar-refractivity contribution in [1.82, 2.24) is 9.55 Å². The quantitative estimate of drug-likeness (QED) is 0.941. The molecule has 1 saturated carbocycles. The van der Waals surface area contributed by atoms with E-state index in [2.05, 4.69) is 31.0 Å². The Morgan fingerprint density at radius 2 is 1.88 bits per heavy atom. The van der Waals surface area contributed by atoms with E-state index in [9.17, 15) is 9.59 Å². The van der Waals surface area contributed by atoms with E-state index in [-0.39, 0.29) is 11.2 Å². The van der Waals surface area contributed by atoms with E-state index in [0.29, 0.717) is 12.3 Å². The van der Waals surface area contributed by atoms with Crippen LogP contribution in [0.5, 0.6) is 0 Å². The molecule has 0 atom stereocenters. The number of aryl methyl sites for hydroxylation is 1. The number of hydrogen-bond donors (Lipinski definition) is 1. The van der Waals surface area contributed by atoms with Gasteiger partial charge < -0.3 is 4.98 Å². The first-order valence-corrected chi connectivity index (χ1v) is 8.83. The summed E-state index contributed by atoms with van der Waals surface area (Å²) in [6.07, 6.45) is 4.99. The molecule has 0 saturated heterocycles. The Bertz CT molecular complexity index is 839. The van der Waals surface area contributed by atoms with E-state index >= 15 is 0 Å². The monoisotopic (exact) mass is 326 g/mol. The summed E-state index contributed by atoms with van der Waals surface area (Å²) in [5.41, 5.74) is 3.46. The summed E-state index contributed by atoms with van der Waals surface area (Å²) in [6, 6.07) is 8.22. The lowest BCUT2D eigenvalue weighted by molar-refractivity contribution is 0.341. The fraction of sp³-hybridized carbons (Fsp3) is 0.500. The molecular formula is C20H26N2O2. The van der Waals surface area contributed by atoms with E-state index in [1.165, 1.54) is 10.1 Å². The first kappa shape index (κ1) is 16.7. The summed E-state index contributed by atoms with van der Waals surface area (Å²) in [5.74, 6) is 1.03. The molecule has 0 spiro atoms. The number of benzene rings is 1. The smallest absolute Gasteiger partial charge is 0.310 e. The maximum atomic E-state index is 12.7. The van der Waals surface area contributed by atoms with E-state index < -0.39 is 0 Å². The molecule has 24 heavy (non-hydrogen) atoms. The Labute approximate surface area is 142 Å². The lowest BCUT2D eigenvalue weighted by atomic mass is 9.80. The van der Waals surface area contributed by atoms with Gasteiger partial charge in [0.25, 0.3) is 5.56 Å². The Morgan fingerprint density at radius 1 is 1.17 bits per heavy atom. The molecule has 3 rings (SSSR count). The van der Waals surface area contributed by atoms with Crippen molar-refractivity contribution in [3.63, 3.8) is 0 Å². The summed E-state index contributed by atoms with van der Waals surface area (Å²) in [4.78, 5) is 27.9. The van der Waals surface area contributed by atoms with Gasteiger partial charge in [-0.3, -0.25) is 9.36 Å². The van der Waals surface area contributed by atoms with Gasteiger partial charge in [-0.1, -0.05) is 49.6 Å². The third-order valence-corrected chi connectivity index (χ3v) is 5.32. The minimum absolute atomic E-state index is 0.158. The topological polar surface area (TPSA) is 54.9 Å². The van der Waals surface area contributed by atoms with E-state index in [1.807, 2.05) is 12.1 Å². The number of nitrogens with one attached hydrogen (secondary N) is 1. The summed E-state index contributed by atoms with van der Waals surface area (Å²) in [5, 5.41) is 0. The molecule has 1 aromatic carbocycles. The standard InChI is InChI=1S/C20H26N2O2/c1-13-7-9-16(10-8-13)18-17(19(23)22(3)20(24)21-18)12-15-6-4-5-14(2)11-15/h4-6,11,13,16H,7-10,12H2,1-3H3,(H,21,24). The molecule has 0 aliphatic heterocycles. The molecule has 0 radical (unpaired) electrons. The van der Waals surface area contributed by atoms with Gasteiger partial charge in [0.2, 0.25) is 0 Å². The van der Waals surface area contributed by atoms with Crippen molar-refractivity contribution in [2.75, 3.05) is 0 Å². The van der Waals surface area contributed by atoms with Gasteiger partial charge in [0, 0.05) is 24.7 Å². The number of hydrogen-bond acceptors (Lipinski definition) is 2. The van der Waals surface area contributed by atoms with Crippen molar-refractivity contribution >= 4 is 0 Å². The molecule has 4 heteroatoms. The van der Waals surface area contributed by atoms with Gasteiger partial charge in [-0.15, -0.1) is 0 Å². The molecular weight excluding hydrogens is 300 g/mol. The predicted molar refractivity (Wildman–Crippen MR) is 96.7 cm³/mol. The average Bonchev–Trinajstić information content (AvgIpc) is 2.56. The van der Waals surface area contributed by atoms with Crippen LogP contribution < -0.4 is 11.2 Å². The van der Waals surface area contributed by atoms with Crippen molar-refractivity contribution in [2.24, 2.45) is 13.0 Å². The lowest BCUT2D eigenvalue weighted by Crippen LogP contribution is -2.37. The second kappa shape index (κ2) is 6.80. The fourth-order valence-electron chi connectivity index (χ4n) is 3.78. The number of H-pyrrole nitrogens is 1. The Morgan fingerprint density at radius 3 is 2.54 bits per heavy atom. The summed E-state index contributed by atoms with van der Waals surface area (Å²) in [7, 11) is 1.55. The van der Waals surface area contributed by atoms with Gasteiger partial charge in [0.1, 0.15) is 0 Å². The van der Waals surface area contributed by atoms with E-state index in [1.54, 1.807) is 7.05 Å². The van der Waals surface area contributed by atoms with Gasteiger partial charge >= 0.3 is 5.69 Å². The van der Waals surface area contributed by atoms with Crippen LogP contribution in [0.4, 0.5) is 0 Å². The molecule has 2 aromatic rings. The number of aromatic nitrogens is 2. The molecule has 1 fully saturated rings. The minimum Gasteiger partial charge on any atom is -0.310 e. The minimum atomic E-state index is -0.304. The van der Waals surface area contributed by atoms with E-state index in [4.69, 9.17) is 0 Å². The zero-order valence-corrected chi connectivity index (χ0v) is 14.8. The summed E-state index contributed by atoms with van der Waals surface area (Å²) >= 11 is 0. The Balaban J connectivity index is 2.04. The largest absolute Gasteiger partial charge is 0.328 e. The fourth-order valence-corrected chi connectivity index (χ4v) is 3.78. The van der Waals surface area contributed by atoms with Crippen molar-refractivity contribution < 1.29 is 0 Å². The first-order chi connectivity index (χ1) is 11.5. The van der Waals surface area contributed by atoms with Crippen LogP contribution in [0.1, 0.15) is 60.9 Å². The van der Waals surface area contributed by atoms with Gasteiger partial charge in [-0.05, 0) is 37.2 Å². The molecule has 1 heterocycles. The predicted octanol–water partition coefficient (Wildman–Crippen LogP) is 3.27. The van der Waals surface area contributed by atoms with Gasteiger partial charge in [-0.2, -0.15) is 0 Å². The molecule has 4 nitrogen and oxygen atoms in total. The van der Waals surface area contributed by atoms with Crippen LogP contribution in [0.25, 0.3) is 0 Å². The van der Waals surface area contributed by atoms with Crippen molar-refractivity contribution in [3.05, 3.63) is 67.5 Å². The van der Waals surface area contributed by atoms with Crippen LogP contribution >= 0.6 is 0 Å². The van der Waals surface area contributed by atoms with Gasteiger partial charge in [0.05, 0.1) is 0 Å². The molecule has 1 N–H and O–H groups in total. The third kappa shape index (κ3) is 3.37. The highest BCUT2D eigenvalue weighted by atomic mass is 16.2. The highest BCUT2D eigenvalue weighted by molar-refractivity contribution is 5.31. The van der Waals surface area contributed by atoms with Gasteiger partial charge in [0.15, 0.2) is 0 Å². The van der Waals surface area contributed by atoms with Crippen LogP contribution in [0.15, 0.2) is 33.9 Å². The van der Waals surface area contributed by atoms with Crippen LogP contribution in [0.3, 0.4) is 0 Å².